The quantitative estimate of drug-likeness (QED) is 0.748. The molecule has 6 heteroatoms. The summed E-state index contributed by atoms with van der Waals surface area (Å²) in [7, 11) is -3.06. The van der Waals surface area contributed by atoms with Crippen LogP contribution in [-0.4, -0.2) is 27.8 Å². The Morgan fingerprint density at radius 3 is 2.59 bits per heavy atom. The third-order valence-electron chi connectivity index (χ3n) is 2.17. The van der Waals surface area contributed by atoms with Crippen LogP contribution >= 0.6 is 15.9 Å². The minimum atomic E-state index is -3.06. The van der Waals surface area contributed by atoms with Gasteiger partial charge in [-0.25, -0.2) is 13.1 Å². The average molecular weight is 321 g/mol. The molecule has 4 nitrogen and oxygen atoms in total. The molecular weight excluding hydrogens is 304 g/mol. The van der Waals surface area contributed by atoms with Crippen molar-refractivity contribution >= 4 is 26.0 Å². The van der Waals surface area contributed by atoms with Crippen molar-refractivity contribution in [2.45, 2.75) is 13.0 Å². The molecule has 0 aromatic heterocycles. The van der Waals surface area contributed by atoms with Crippen LogP contribution in [0.15, 0.2) is 28.7 Å². The van der Waals surface area contributed by atoms with Gasteiger partial charge in [-0.1, -0.05) is 34.1 Å². The number of benzene rings is 1. The van der Waals surface area contributed by atoms with Gasteiger partial charge in [-0.3, -0.25) is 0 Å². The molecule has 0 amide bonds. The Balaban J connectivity index is 2.15. The normalized spacial score (nSPS) is 11.6. The third kappa shape index (κ3) is 6.78. The predicted octanol–water partition coefficient (Wildman–Crippen LogP) is 1.48. The Bertz CT molecular complexity index is 449. The number of hydrogen-bond acceptors (Lipinski definition) is 3. The SMILES string of the molecule is CS(=O)(=O)NCCCNCc1ccccc1Br. The van der Waals surface area contributed by atoms with Gasteiger partial charge >= 0.3 is 0 Å². The van der Waals surface area contributed by atoms with Crippen LogP contribution in [0.3, 0.4) is 0 Å². The van der Waals surface area contributed by atoms with Crippen molar-refractivity contribution in [2.75, 3.05) is 19.3 Å². The maximum atomic E-state index is 10.8. The first kappa shape index (κ1) is 14.6. The fraction of sp³-hybridized carbons (Fsp3) is 0.455. The van der Waals surface area contributed by atoms with Gasteiger partial charge in [0, 0.05) is 17.6 Å². The number of nitrogens with one attached hydrogen (secondary N) is 2. The van der Waals surface area contributed by atoms with E-state index in [-0.39, 0.29) is 0 Å². The number of rotatable bonds is 7. The van der Waals surface area contributed by atoms with E-state index in [0.29, 0.717) is 6.54 Å². The van der Waals surface area contributed by atoms with E-state index in [1.807, 2.05) is 24.3 Å². The van der Waals surface area contributed by atoms with Crippen LogP contribution in [0.2, 0.25) is 0 Å². The van der Waals surface area contributed by atoms with Crippen molar-refractivity contribution in [2.24, 2.45) is 0 Å². The van der Waals surface area contributed by atoms with Crippen molar-refractivity contribution in [1.82, 2.24) is 10.0 Å². The van der Waals surface area contributed by atoms with Crippen LogP contribution < -0.4 is 10.0 Å². The fourth-order valence-electron chi connectivity index (χ4n) is 1.34. The lowest BCUT2D eigenvalue weighted by atomic mass is 10.2. The van der Waals surface area contributed by atoms with Gasteiger partial charge in [-0.2, -0.15) is 0 Å². The lowest BCUT2D eigenvalue weighted by Gasteiger charge is -2.06. The molecule has 17 heavy (non-hydrogen) atoms. The van der Waals surface area contributed by atoms with Crippen LogP contribution in [0.1, 0.15) is 12.0 Å². The number of hydrogen-bond donors (Lipinski definition) is 2. The molecule has 0 bridgehead atoms. The second-order valence-corrected chi connectivity index (χ2v) is 6.48. The van der Waals surface area contributed by atoms with Gasteiger partial charge < -0.3 is 5.32 Å². The molecule has 1 aromatic rings. The van der Waals surface area contributed by atoms with Crippen LogP contribution in [0.25, 0.3) is 0 Å². The van der Waals surface area contributed by atoms with Crippen molar-refractivity contribution in [3.05, 3.63) is 34.3 Å². The van der Waals surface area contributed by atoms with E-state index >= 15 is 0 Å². The van der Waals surface area contributed by atoms with Gasteiger partial charge in [-0.05, 0) is 24.6 Å². The van der Waals surface area contributed by atoms with Gasteiger partial charge in [0.05, 0.1) is 6.26 Å². The van der Waals surface area contributed by atoms with Gasteiger partial charge in [0.2, 0.25) is 10.0 Å². The maximum absolute atomic E-state index is 10.8. The Hall–Kier alpha value is -0.430. The Labute approximate surface area is 111 Å². The zero-order chi connectivity index (χ0) is 12.7. The van der Waals surface area contributed by atoms with E-state index in [1.54, 1.807) is 0 Å². The highest BCUT2D eigenvalue weighted by Gasteiger charge is 1.99. The molecule has 1 aromatic carbocycles. The second-order valence-electron chi connectivity index (χ2n) is 3.79. The lowest BCUT2D eigenvalue weighted by molar-refractivity contribution is 0.579. The summed E-state index contributed by atoms with van der Waals surface area (Å²) >= 11 is 3.47. The zero-order valence-electron chi connectivity index (χ0n) is 9.74. The van der Waals surface area contributed by atoms with E-state index in [1.165, 1.54) is 11.8 Å². The van der Waals surface area contributed by atoms with Crippen molar-refractivity contribution in [3.8, 4) is 0 Å². The summed E-state index contributed by atoms with van der Waals surface area (Å²) in [6, 6.07) is 8.02. The molecule has 0 fully saturated rings. The molecule has 0 unspecified atom stereocenters. The summed E-state index contributed by atoms with van der Waals surface area (Å²) < 4.78 is 25.1. The summed E-state index contributed by atoms with van der Waals surface area (Å²) in [5.41, 5.74) is 1.20. The van der Waals surface area contributed by atoms with E-state index in [0.717, 1.165) is 24.0 Å². The minimum Gasteiger partial charge on any atom is -0.313 e. The number of sulfonamides is 1. The Morgan fingerprint density at radius 1 is 1.24 bits per heavy atom. The van der Waals surface area contributed by atoms with E-state index in [9.17, 15) is 8.42 Å². The van der Waals surface area contributed by atoms with Crippen LogP contribution in [0.4, 0.5) is 0 Å². The molecule has 0 radical (unpaired) electrons. The molecule has 0 aliphatic rings. The third-order valence-corrected chi connectivity index (χ3v) is 3.67. The molecule has 0 spiro atoms. The monoisotopic (exact) mass is 320 g/mol. The lowest BCUT2D eigenvalue weighted by Crippen LogP contribution is -2.26. The van der Waals surface area contributed by atoms with E-state index in [4.69, 9.17) is 0 Å². The average Bonchev–Trinajstić information content (AvgIpc) is 2.24. The minimum absolute atomic E-state index is 0.474. The molecule has 0 atom stereocenters. The Kier molecular flexibility index (Phi) is 6.11. The highest BCUT2D eigenvalue weighted by Crippen LogP contribution is 2.15. The van der Waals surface area contributed by atoms with Crippen LogP contribution in [0, 0.1) is 0 Å². The molecule has 1 rings (SSSR count). The van der Waals surface area contributed by atoms with Crippen LogP contribution in [-0.2, 0) is 16.6 Å². The summed E-state index contributed by atoms with van der Waals surface area (Å²) in [6.45, 7) is 2.03. The van der Waals surface area contributed by atoms with Crippen molar-refractivity contribution in [1.29, 1.82) is 0 Å². The standard InChI is InChI=1S/C11H17BrN2O2S/c1-17(15,16)14-8-4-7-13-9-10-5-2-3-6-11(10)12/h2-3,5-6,13-14H,4,7-9H2,1H3. The zero-order valence-corrected chi connectivity index (χ0v) is 12.1. The fourth-order valence-corrected chi connectivity index (χ4v) is 2.28. The first-order valence-electron chi connectivity index (χ1n) is 5.38. The number of halogens is 1. The summed E-state index contributed by atoms with van der Waals surface area (Å²) in [4.78, 5) is 0. The van der Waals surface area contributed by atoms with Crippen molar-refractivity contribution in [3.63, 3.8) is 0 Å². The second kappa shape index (κ2) is 7.10. The molecule has 0 saturated carbocycles. The topological polar surface area (TPSA) is 58.2 Å². The molecule has 0 heterocycles. The summed E-state index contributed by atoms with van der Waals surface area (Å²) in [5.74, 6) is 0. The first-order valence-corrected chi connectivity index (χ1v) is 8.06. The van der Waals surface area contributed by atoms with Gasteiger partial charge in [0.1, 0.15) is 0 Å². The van der Waals surface area contributed by atoms with E-state index < -0.39 is 10.0 Å². The maximum Gasteiger partial charge on any atom is 0.208 e. The highest BCUT2D eigenvalue weighted by molar-refractivity contribution is 9.10. The molecule has 96 valence electrons. The molecular formula is C11H17BrN2O2S. The van der Waals surface area contributed by atoms with Crippen LogP contribution in [0.5, 0.6) is 0 Å². The Morgan fingerprint density at radius 2 is 1.94 bits per heavy atom. The van der Waals surface area contributed by atoms with E-state index in [2.05, 4.69) is 26.0 Å². The largest absolute Gasteiger partial charge is 0.313 e. The smallest absolute Gasteiger partial charge is 0.208 e. The highest BCUT2D eigenvalue weighted by atomic mass is 79.9. The molecule has 0 saturated heterocycles. The predicted molar refractivity (Wildman–Crippen MR) is 73.3 cm³/mol. The van der Waals surface area contributed by atoms with Crippen molar-refractivity contribution < 1.29 is 8.42 Å². The summed E-state index contributed by atoms with van der Waals surface area (Å²) in [5, 5.41) is 3.26. The molecule has 0 aliphatic carbocycles. The van der Waals surface area contributed by atoms with Gasteiger partial charge in [0.25, 0.3) is 0 Å². The van der Waals surface area contributed by atoms with Gasteiger partial charge in [-0.15, -0.1) is 0 Å². The molecule has 0 aliphatic heterocycles. The van der Waals surface area contributed by atoms with Gasteiger partial charge in [0.15, 0.2) is 0 Å². The first-order chi connectivity index (χ1) is 7.99. The summed E-state index contributed by atoms with van der Waals surface area (Å²) in [6.07, 6.45) is 1.94. The molecule has 2 N–H and O–H groups in total.